The van der Waals surface area contributed by atoms with E-state index >= 15 is 0 Å². The Morgan fingerprint density at radius 1 is 1.10 bits per heavy atom. The molecule has 0 aliphatic heterocycles. The molecule has 0 atom stereocenters. The number of benzene rings is 1. The minimum absolute atomic E-state index is 0.115. The first-order valence-electron chi connectivity index (χ1n) is 6.79. The summed E-state index contributed by atoms with van der Waals surface area (Å²) in [5.74, 6) is 0.588. The van der Waals surface area contributed by atoms with Crippen LogP contribution in [0.2, 0.25) is 0 Å². The number of nitrogens with one attached hydrogen (secondary N) is 2. The summed E-state index contributed by atoms with van der Waals surface area (Å²) in [5.41, 5.74) is 1.88. The molecule has 0 radical (unpaired) electrons. The Morgan fingerprint density at radius 2 is 1.90 bits per heavy atom. The quantitative estimate of drug-likeness (QED) is 0.628. The Morgan fingerprint density at radius 3 is 2.62 bits per heavy atom. The SMILES string of the molecule is Cc1ccc(NCCNC(=O)C=Cc2ccccc2)nn1. The zero-order valence-corrected chi connectivity index (χ0v) is 11.9. The highest BCUT2D eigenvalue weighted by molar-refractivity contribution is 5.91. The van der Waals surface area contributed by atoms with Gasteiger partial charge in [-0.3, -0.25) is 4.79 Å². The summed E-state index contributed by atoms with van der Waals surface area (Å²) in [5, 5.41) is 13.8. The Balaban J connectivity index is 1.67. The van der Waals surface area contributed by atoms with Crippen LogP contribution in [-0.4, -0.2) is 29.2 Å². The van der Waals surface area contributed by atoms with Crippen molar-refractivity contribution in [1.82, 2.24) is 15.5 Å². The fourth-order valence-corrected chi connectivity index (χ4v) is 1.66. The molecule has 1 aromatic heterocycles. The number of aryl methyl sites for hydroxylation is 1. The van der Waals surface area contributed by atoms with Gasteiger partial charge >= 0.3 is 0 Å². The Bertz CT molecular complexity index is 593. The van der Waals surface area contributed by atoms with Gasteiger partial charge in [0.2, 0.25) is 5.91 Å². The molecule has 1 heterocycles. The van der Waals surface area contributed by atoms with Crippen LogP contribution in [0.4, 0.5) is 5.82 Å². The summed E-state index contributed by atoms with van der Waals surface area (Å²) in [6.45, 7) is 3.01. The van der Waals surface area contributed by atoms with Crippen molar-refractivity contribution in [3.8, 4) is 0 Å². The Labute approximate surface area is 124 Å². The highest BCUT2D eigenvalue weighted by atomic mass is 16.1. The maximum Gasteiger partial charge on any atom is 0.244 e. The molecule has 0 aliphatic carbocycles. The highest BCUT2D eigenvalue weighted by Crippen LogP contribution is 2.01. The van der Waals surface area contributed by atoms with Gasteiger partial charge in [-0.2, -0.15) is 5.10 Å². The first-order chi connectivity index (χ1) is 10.2. The third-order valence-electron chi connectivity index (χ3n) is 2.75. The van der Waals surface area contributed by atoms with E-state index in [4.69, 9.17) is 0 Å². The third-order valence-corrected chi connectivity index (χ3v) is 2.75. The number of carbonyl (C=O) groups is 1. The van der Waals surface area contributed by atoms with Crippen molar-refractivity contribution in [1.29, 1.82) is 0 Å². The van der Waals surface area contributed by atoms with Crippen molar-refractivity contribution in [3.63, 3.8) is 0 Å². The van der Waals surface area contributed by atoms with Crippen LogP contribution in [0.3, 0.4) is 0 Å². The number of aromatic nitrogens is 2. The second-order valence-electron chi connectivity index (χ2n) is 4.52. The number of hydrogen-bond donors (Lipinski definition) is 2. The molecule has 21 heavy (non-hydrogen) atoms. The number of carbonyl (C=O) groups excluding carboxylic acids is 1. The molecular formula is C16H18N4O. The molecule has 2 N–H and O–H groups in total. The van der Waals surface area contributed by atoms with Gasteiger partial charge in [0, 0.05) is 19.2 Å². The van der Waals surface area contributed by atoms with E-state index in [1.54, 1.807) is 6.08 Å². The van der Waals surface area contributed by atoms with E-state index < -0.39 is 0 Å². The molecular weight excluding hydrogens is 264 g/mol. The molecule has 5 nitrogen and oxygen atoms in total. The second-order valence-corrected chi connectivity index (χ2v) is 4.52. The largest absolute Gasteiger partial charge is 0.367 e. The minimum atomic E-state index is -0.115. The fourth-order valence-electron chi connectivity index (χ4n) is 1.66. The molecule has 0 bridgehead atoms. The van der Waals surface area contributed by atoms with Crippen molar-refractivity contribution < 1.29 is 4.79 Å². The summed E-state index contributed by atoms with van der Waals surface area (Å²) in [4.78, 5) is 11.6. The zero-order chi connectivity index (χ0) is 14.9. The lowest BCUT2D eigenvalue weighted by Gasteiger charge is -2.05. The third kappa shape index (κ3) is 5.44. The molecule has 0 aliphatic rings. The van der Waals surface area contributed by atoms with Crippen molar-refractivity contribution >= 4 is 17.8 Å². The summed E-state index contributed by atoms with van der Waals surface area (Å²) < 4.78 is 0. The molecule has 2 rings (SSSR count). The molecule has 2 aromatic rings. The van der Waals surface area contributed by atoms with Gasteiger partial charge in [0.1, 0.15) is 5.82 Å². The zero-order valence-electron chi connectivity index (χ0n) is 11.9. The van der Waals surface area contributed by atoms with Crippen LogP contribution in [0, 0.1) is 6.92 Å². The molecule has 1 amide bonds. The minimum Gasteiger partial charge on any atom is -0.367 e. The maximum absolute atomic E-state index is 11.6. The average Bonchev–Trinajstić information content (AvgIpc) is 2.52. The first kappa shape index (κ1) is 14.7. The van der Waals surface area contributed by atoms with E-state index in [0.29, 0.717) is 18.9 Å². The number of rotatable bonds is 6. The molecule has 0 fully saturated rings. The average molecular weight is 282 g/mol. The van der Waals surface area contributed by atoms with Gasteiger partial charge in [-0.1, -0.05) is 30.3 Å². The standard InChI is InChI=1S/C16H18N4O/c1-13-7-9-15(20-19-13)17-11-12-18-16(21)10-8-14-5-3-2-4-6-14/h2-10H,11-12H2,1H3,(H,17,20)(H,18,21). The summed E-state index contributed by atoms with van der Waals surface area (Å²) in [6.07, 6.45) is 3.31. The van der Waals surface area contributed by atoms with E-state index in [0.717, 1.165) is 11.3 Å². The summed E-state index contributed by atoms with van der Waals surface area (Å²) in [7, 11) is 0. The fraction of sp³-hybridized carbons (Fsp3) is 0.188. The van der Waals surface area contributed by atoms with Crippen molar-refractivity contribution in [2.45, 2.75) is 6.92 Å². The number of nitrogens with zero attached hydrogens (tertiary/aromatic N) is 2. The van der Waals surface area contributed by atoms with Crippen molar-refractivity contribution in [2.75, 3.05) is 18.4 Å². The lowest BCUT2D eigenvalue weighted by atomic mass is 10.2. The van der Waals surface area contributed by atoms with Gasteiger partial charge in [-0.05, 0) is 30.7 Å². The lowest BCUT2D eigenvalue weighted by Crippen LogP contribution is -2.27. The summed E-state index contributed by atoms with van der Waals surface area (Å²) in [6, 6.07) is 13.4. The molecule has 0 saturated heterocycles. The van der Waals surface area contributed by atoms with Crippen LogP contribution in [-0.2, 0) is 4.79 Å². The van der Waals surface area contributed by atoms with Crippen LogP contribution in [0.1, 0.15) is 11.3 Å². The van der Waals surface area contributed by atoms with Gasteiger partial charge in [0.25, 0.3) is 0 Å². The molecule has 0 unspecified atom stereocenters. The monoisotopic (exact) mass is 282 g/mol. The first-order valence-corrected chi connectivity index (χ1v) is 6.79. The predicted molar refractivity (Wildman–Crippen MR) is 83.7 cm³/mol. The van der Waals surface area contributed by atoms with Gasteiger partial charge in [-0.25, -0.2) is 0 Å². The van der Waals surface area contributed by atoms with E-state index in [1.165, 1.54) is 6.08 Å². The number of hydrogen-bond acceptors (Lipinski definition) is 4. The second kappa shape index (κ2) is 7.79. The van der Waals surface area contributed by atoms with Gasteiger partial charge in [0.15, 0.2) is 0 Å². The normalized spacial score (nSPS) is 10.5. The van der Waals surface area contributed by atoms with Gasteiger partial charge < -0.3 is 10.6 Å². The predicted octanol–water partition coefficient (Wildman–Crippen LogP) is 2.03. The molecule has 1 aromatic carbocycles. The van der Waals surface area contributed by atoms with Crippen LogP contribution in [0.15, 0.2) is 48.5 Å². The molecule has 0 saturated carbocycles. The van der Waals surface area contributed by atoms with Crippen LogP contribution in [0.5, 0.6) is 0 Å². The number of anilines is 1. The van der Waals surface area contributed by atoms with Crippen LogP contribution < -0.4 is 10.6 Å². The molecule has 0 spiro atoms. The Kier molecular flexibility index (Phi) is 5.46. The summed E-state index contributed by atoms with van der Waals surface area (Å²) >= 11 is 0. The molecule has 108 valence electrons. The van der Waals surface area contributed by atoms with Crippen LogP contribution >= 0.6 is 0 Å². The van der Waals surface area contributed by atoms with Crippen LogP contribution in [0.25, 0.3) is 6.08 Å². The topological polar surface area (TPSA) is 66.9 Å². The molecule has 5 heteroatoms. The lowest BCUT2D eigenvalue weighted by molar-refractivity contribution is -0.116. The van der Waals surface area contributed by atoms with E-state index in [1.807, 2.05) is 49.4 Å². The van der Waals surface area contributed by atoms with Gasteiger partial charge in [0.05, 0.1) is 5.69 Å². The van der Waals surface area contributed by atoms with E-state index in [-0.39, 0.29) is 5.91 Å². The van der Waals surface area contributed by atoms with Crippen molar-refractivity contribution in [2.24, 2.45) is 0 Å². The van der Waals surface area contributed by atoms with E-state index in [9.17, 15) is 4.79 Å². The maximum atomic E-state index is 11.6. The Hall–Kier alpha value is -2.69. The highest BCUT2D eigenvalue weighted by Gasteiger charge is 1.96. The number of amides is 1. The van der Waals surface area contributed by atoms with Crippen molar-refractivity contribution in [3.05, 3.63) is 59.8 Å². The smallest absolute Gasteiger partial charge is 0.244 e. The van der Waals surface area contributed by atoms with E-state index in [2.05, 4.69) is 20.8 Å². The van der Waals surface area contributed by atoms with Gasteiger partial charge in [-0.15, -0.1) is 5.10 Å².